The monoisotopic (exact) mass is 353 g/mol. The molecule has 2 N–H and O–H groups in total. The second-order valence-corrected chi connectivity index (χ2v) is 7.79. The maximum Gasteiger partial charge on any atom is 0.306 e. The van der Waals surface area contributed by atoms with Crippen LogP contribution in [-0.4, -0.2) is 23.7 Å². The van der Waals surface area contributed by atoms with Crippen molar-refractivity contribution < 1.29 is 14.3 Å². The fraction of sp³-hybridized carbons (Fsp3) is 0.632. The lowest BCUT2D eigenvalue weighted by atomic mass is 9.78. The summed E-state index contributed by atoms with van der Waals surface area (Å²) < 4.78 is 13.4. The summed E-state index contributed by atoms with van der Waals surface area (Å²) in [6, 6.07) is 5.12. The standard InChI is InChI=1S/C19H25ClFNO2/c20-17-11-14(21)5-8-16(17)19(9-1-2-10-19)12-22-15-6-3-13(4-7-15)18(23)24/h5,8,11,13,15,22H,1-4,6-7,9-10,12H2,(H,23,24). The minimum absolute atomic E-state index is 0.0194. The summed E-state index contributed by atoms with van der Waals surface area (Å²) in [6.07, 6.45) is 7.77. The van der Waals surface area contributed by atoms with Gasteiger partial charge in [0.25, 0.3) is 0 Å². The average molecular weight is 354 g/mol. The van der Waals surface area contributed by atoms with E-state index in [0.717, 1.165) is 50.6 Å². The molecule has 2 fully saturated rings. The van der Waals surface area contributed by atoms with E-state index in [9.17, 15) is 9.18 Å². The Labute approximate surface area is 147 Å². The highest BCUT2D eigenvalue weighted by Crippen LogP contribution is 2.43. The summed E-state index contributed by atoms with van der Waals surface area (Å²) in [6.45, 7) is 0.834. The largest absolute Gasteiger partial charge is 0.481 e. The van der Waals surface area contributed by atoms with Gasteiger partial charge in [-0.2, -0.15) is 0 Å². The highest BCUT2D eigenvalue weighted by Gasteiger charge is 2.38. The van der Waals surface area contributed by atoms with Gasteiger partial charge in [0.2, 0.25) is 0 Å². The van der Waals surface area contributed by atoms with Crippen LogP contribution in [0.25, 0.3) is 0 Å². The summed E-state index contributed by atoms with van der Waals surface area (Å²) in [4.78, 5) is 11.1. The average Bonchev–Trinajstić information content (AvgIpc) is 3.03. The minimum Gasteiger partial charge on any atom is -0.481 e. The van der Waals surface area contributed by atoms with Crippen LogP contribution in [0.1, 0.15) is 56.9 Å². The second-order valence-electron chi connectivity index (χ2n) is 7.38. The Bertz CT molecular complexity index is 593. The van der Waals surface area contributed by atoms with E-state index in [-0.39, 0.29) is 17.2 Å². The molecule has 0 amide bonds. The van der Waals surface area contributed by atoms with Gasteiger partial charge >= 0.3 is 5.97 Å². The Morgan fingerprint density at radius 2 is 1.92 bits per heavy atom. The van der Waals surface area contributed by atoms with Crippen LogP contribution in [0.3, 0.4) is 0 Å². The zero-order chi connectivity index (χ0) is 17.2. The Hall–Kier alpha value is -1.13. The molecule has 0 aromatic heterocycles. The van der Waals surface area contributed by atoms with Crippen LogP contribution in [0.5, 0.6) is 0 Å². The van der Waals surface area contributed by atoms with Crippen LogP contribution in [-0.2, 0) is 10.2 Å². The van der Waals surface area contributed by atoms with Crippen molar-refractivity contribution in [3.63, 3.8) is 0 Å². The molecular formula is C19H25ClFNO2. The fourth-order valence-electron chi connectivity index (χ4n) is 4.40. The molecule has 2 aliphatic rings. The van der Waals surface area contributed by atoms with Crippen LogP contribution in [0.4, 0.5) is 4.39 Å². The molecule has 3 nitrogen and oxygen atoms in total. The quantitative estimate of drug-likeness (QED) is 0.818. The van der Waals surface area contributed by atoms with E-state index in [0.29, 0.717) is 11.1 Å². The van der Waals surface area contributed by atoms with Crippen LogP contribution in [0.15, 0.2) is 18.2 Å². The van der Waals surface area contributed by atoms with Gasteiger partial charge in [-0.15, -0.1) is 0 Å². The predicted octanol–water partition coefficient (Wildman–Crippen LogP) is 4.52. The topological polar surface area (TPSA) is 49.3 Å². The maximum absolute atomic E-state index is 13.4. The van der Waals surface area contributed by atoms with Crippen molar-refractivity contribution in [1.82, 2.24) is 5.32 Å². The van der Waals surface area contributed by atoms with E-state index in [1.807, 2.05) is 6.07 Å². The third-order valence-electron chi connectivity index (χ3n) is 5.87. The molecule has 0 radical (unpaired) electrons. The normalized spacial score (nSPS) is 26.4. The van der Waals surface area contributed by atoms with E-state index in [1.54, 1.807) is 0 Å². The smallest absolute Gasteiger partial charge is 0.306 e. The molecular weight excluding hydrogens is 329 g/mol. The zero-order valence-corrected chi connectivity index (χ0v) is 14.6. The molecule has 3 rings (SSSR count). The van der Waals surface area contributed by atoms with E-state index in [4.69, 9.17) is 16.7 Å². The number of carboxylic acid groups (broad SMARTS) is 1. The van der Waals surface area contributed by atoms with Gasteiger partial charge < -0.3 is 10.4 Å². The first kappa shape index (κ1) is 17.7. The van der Waals surface area contributed by atoms with Crippen molar-refractivity contribution >= 4 is 17.6 Å². The van der Waals surface area contributed by atoms with Crippen LogP contribution < -0.4 is 5.32 Å². The first-order valence-corrected chi connectivity index (χ1v) is 9.30. The molecule has 0 spiro atoms. The SMILES string of the molecule is O=C(O)C1CCC(NCC2(c3ccc(F)cc3Cl)CCCC2)CC1. The summed E-state index contributed by atoms with van der Waals surface area (Å²) >= 11 is 6.34. The molecule has 0 bridgehead atoms. The Morgan fingerprint density at radius 3 is 2.50 bits per heavy atom. The predicted molar refractivity (Wildman–Crippen MR) is 92.9 cm³/mol. The summed E-state index contributed by atoms with van der Waals surface area (Å²) in [5.74, 6) is -1.15. The minimum atomic E-state index is -0.668. The number of hydrogen-bond acceptors (Lipinski definition) is 2. The Morgan fingerprint density at radius 1 is 1.25 bits per heavy atom. The maximum atomic E-state index is 13.4. The number of carboxylic acids is 1. The Kier molecular flexibility index (Phi) is 5.46. The third kappa shape index (κ3) is 3.75. The molecule has 0 atom stereocenters. The number of nitrogens with one attached hydrogen (secondary N) is 1. The number of rotatable bonds is 5. The van der Waals surface area contributed by atoms with Crippen molar-refractivity contribution in [2.24, 2.45) is 5.92 Å². The highest BCUT2D eigenvalue weighted by molar-refractivity contribution is 6.31. The van der Waals surface area contributed by atoms with Crippen molar-refractivity contribution in [3.05, 3.63) is 34.6 Å². The molecule has 2 aliphatic carbocycles. The van der Waals surface area contributed by atoms with Crippen molar-refractivity contribution in [1.29, 1.82) is 0 Å². The second kappa shape index (κ2) is 7.40. The van der Waals surface area contributed by atoms with Crippen LogP contribution in [0.2, 0.25) is 5.02 Å². The lowest BCUT2D eigenvalue weighted by molar-refractivity contribution is -0.142. The van der Waals surface area contributed by atoms with Gasteiger partial charge in [0.1, 0.15) is 5.82 Å². The van der Waals surface area contributed by atoms with Gasteiger partial charge in [0, 0.05) is 23.0 Å². The molecule has 0 saturated heterocycles. The van der Waals surface area contributed by atoms with E-state index < -0.39 is 5.97 Å². The van der Waals surface area contributed by atoms with Gasteiger partial charge in [-0.25, -0.2) is 4.39 Å². The molecule has 24 heavy (non-hydrogen) atoms. The fourth-order valence-corrected chi connectivity index (χ4v) is 4.76. The molecule has 2 saturated carbocycles. The van der Waals surface area contributed by atoms with E-state index in [2.05, 4.69) is 5.32 Å². The Balaban J connectivity index is 1.66. The lowest BCUT2D eigenvalue weighted by Crippen LogP contribution is -2.43. The number of aliphatic carboxylic acids is 1. The molecule has 5 heteroatoms. The first-order valence-electron chi connectivity index (χ1n) is 8.92. The molecule has 1 aromatic rings. The molecule has 0 aliphatic heterocycles. The van der Waals surface area contributed by atoms with Crippen LogP contribution >= 0.6 is 11.6 Å². The van der Waals surface area contributed by atoms with Crippen LogP contribution in [0, 0.1) is 11.7 Å². The molecule has 0 unspecified atom stereocenters. The number of carbonyl (C=O) groups is 1. The number of halogens is 2. The van der Waals surface area contributed by atoms with Gasteiger partial charge in [-0.05, 0) is 56.2 Å². The summed E-state index contributed by atoms with van der Waals surface area (Å²) in [5.41, 5.74) is 1.03. The van der Waals surface area contributed by atoms with Gasteiger partial charge in [0.15, 0.2) is 0 Å². The number of benzene rings is 1. The molecule has 1 aromatic carbocycles. The van der Waals surface area contributed by atoms with Gasteiger partial charge in [0.05, 0.1) is 5.92 Å². The molecule has 132 valence electrons. The third-order valence-corrected chi connectivity index (χ3v) is 6.18. The van der Waals surface area contributed by atoms with Gasteiger partial charge in [-0.1, -0.05) is 30.5 Å². The zero-order valence-electron chi connectivity index (χ0n) is 13.9. The van der Waals surface area contributed by atoms with E-state index in [1.165, 1.54) is 25.0 Å². The molecule has 0 heterocycles. The van der Waals surface area contributed by atoms with Crippen molar-refractivity contribution in [2.75, 3.05) is 6.54 Å². The highest BCUT2D eigenvalue weighted by atomic mass is 35.5. The summed E-state index contributed by atoms with van der Waals surface area (Å²) in [5, 5.41) is 13.3. The van der Waals surface area contributed by atoms with E-state index >= 15 is 0 Å². The lowest BCUT2D eigenvalue weighted by Gasteiger charge is -2.35. The van der Waals surface area contributed by atoms with Crippen molar-refractivity contribution in [2.45, 2.75) is 62.8 Å². The number of hydrogen-bond donors (Lipinski definition) is 2. The first-order chi connectivity index (χ1) is 11.5. The summed E-state index contributed by atoms with van der Waals surface area (Å²) in [7, 11) is 0. The van der Waals surface area contributed by atoms with Gasteiger partial charge in [-0.3, -0.25) is 4.79 Å². The van der Waals surface area contributed by atoms with Crippen molar-refractivity contribution in [3.8, 4) is 0 Å².